The highest BCUT2D eigenvalue weighted by atomic mass is 79.9. The van der Waals surface area contributed by atoms with Gasteiger partial charge in [0.25, 0.3) is 5.91 Å². The smallest absolute Gasteiger partial charge is 0.255 e. The number of hydrogen-bond acceptors (Lipinski definition) is 2. The Labute approximate surface area is 111 Å². The van der Waals surface area contributed by atoms with Gasteiger partial charge < -0.3 is 10.6 Å². The van der Waals surface area contributed by atoms with Crippen LogP contribution in [0.3, 0.4) is 0 Å². The fourth-order valence-electron chi connectivity index (χ4n) is 1.72. The Morgan fingerprint density at radius 1 is 1.53 bits per heavy atom. The van der Waals surface area contributed by atoms with Gasteiger partial charge in [-0.3, -0.25) is 4.79 Å². The maximum atomic E-state index is 12.3. The average Bonchev–Trinajstić information content (AvgIpc) is 2.31. The minimum atomic E-state index is 0.00475. The molecule has 2 N–H and O–H groups in total. The molecule has 1 aromatic carbocycles. The highest BCUT2D eigenvalue weighted by molar-refractivity contribution is 9.10. The number of anilines is 1. The molecular formula is C13H19BrN2O. The molecule has 1 atom stereocenters. The van der Waals surface area contributed by atoms with E-state index in [1.165, 1.54) is 0 Å². The molecule has 0 aliphatic heterocycles. The summed E-state index contributed by atoms with van der Waals surface area (Å²) >= 11 is 3.36. The second kappa shape index (κ2) is 6.05. The third-order valence-corrected chi connectivity index (χ3v) is 3.83. The van der Waals surface area contributed by atoms with E-state index in [1.807, 2.05) is 7.05 Å². The first kappa shape index (κ1) is 14.0. The van der Waals surface area contributed by atoms with Gasteiger partial charge in [0.05, 0.1) is 10.0 Å². The van der Waals surface area contributed by atoms with Crippen molar-refractivity contribution in [2.24, 2.45) is 0 Å². The van der Waals surface area contributed by atoms with Crippen molar-refractivity contribution in [1.29, 1.82) is 0 Å². The number of rotatable bonds is 4. The number of nitrogen functional groups attached to an aromatic ring is 1. The maximum absolute atomic E-state index is 12.3. The van der Waals surface area contributed by atoms with Crippen molar-refractivity contribution < 1.29 is 4.79 Å². The van der Waals surface area contributed by atoms with Gasteiger partial charge in [-0.25, -0.2) is 0 Å². The van der Waals surface area contributed by atoms with Gasteiger partial charge in [0.2, 0.25) is 0 Å². The minimum absolute atomic E-state index is 0.00475. The summed E-state index contributed by atoms with van der Waals surface area (Å²) in [5.41, 5.74) is 6.99. The predicted molar refractivity (Wildman–Crippen MR) is 75.0 cm³/mol. The van der Waals surface area contributed by atoms with Crippen LogP contribution >= 0.6 is 15.9 Å². The summed E-state index contributed by atoms with van der Waals surface area (Å²) in [6.07, 6.45) is 2.07. The van der Waals surface area contributed by atoms with E-state index >= 15 is 0 Å². The zero-order valence-electron chi connectivity index (χ0n) is 10.5. The van der Waals surface area contributed by atoms with Gasteiger partial charge in [-0.2, -0.15) is 0 Å². The second-order valence-corrected chi connectivity index (χ2v) is 5.06. The van der Waals surface area contributed by atoms with E-state index < -0.39 is 0 Å². The number of carbonyl (C=O) groups is 1. The van der Waals surface area contributed by atoms with Crippen LogP contribution in [0.25, 0.3) is 0 Å². The van der Waals surface area contributed by atoms with E-state index in [2.05, 4.69) is 29.8 Å². The zero-order valence-corrected chi connectivity index (χ0v) is 12.1. The Morgan fingerprint density at radius 2 is 2.18 bits per heavy atom. The molecule has 1 unspecified atom stereocenters. The average molecular weight is 299 g/mol. The summed E-state index contributed by atoms with van der Waals surface area (Å²) in [5, 5.41) is 0. The third kappa shape index (κ3) is 3.22. The summed E-state index contributed by atoms with van der Waals surface area (Å²) in [7, 11) is 1.83. The monoisotopic (exact) mass is 298 g/mol. The van der Waals surface area contributed by atoms with Crippen molar-refractivity contribution in [2.45, 2.75) is 32.7 Å². The molecule has 0 radical (unpaired) electrons. The van der Waals surface area contributed by atoms with Crippen LogP contribution in [0.15, 0.2) is 22.7 Å². The van der Waals surface area contributed by atoms with Crippen LogP contribution in [0.5, 0.6) is 0 Å². The Morgan fingerprint density at radius 3 is 2.76 bits per heavy atom. The van der Waals surface area contributed by atoms with Crippen LogP contribution in [0.4, 0.5) is 5.69 Å². The Kier molecular flexibility index (Phi) is 5.00. The van der Waals surface area contributed by atoms with E-state index in [9.17, 15) is 4.79 Å². The first-order valence-corrected chi connectivity index (χ1v) is 6.59. The first-order chi connectivity index (χ1) is 7.99. The number of hydrogen-bond donors (Lipinski definition) is 1. The summed E-state index contributed by atoms with van der Waals surface area (Å²) in [6, 6.07) is 5.60. The lowest BCUT2D eigenvalue weighted by Gasteiger charge is -2.25. The lowest BCUT2D eigenvalue weighted by atomic mass is 10.1. The number of amides is 1. The molecule has 4 heteroatoms. The van der Waals surface area contributed by atoms with Crippen molar-refractivity contribution in [3.05, 3.63) is 28.2 Å². The van der Waals surface area contributed by atoms with Gasteiger partial charge in [-0.05, 0) is 41.4 Å². The van der Waals surface area contributed by atoms with Crippen LogP contribution in [0, 0.1) is 0 Å². The van der Waals surface area contributed by atoms with Crippen molar-refractivity contribution in [3.8, 4) is 0 Å². The zero-order chi connectivity index (χ0) is 13.0. The topological polar surface area (TPSA) is 46.3 Å². The molecule has 94 valence electrons. The SMILES string of the molecule is CCCC(C)N(C)C(=O)c1cccc(N)c1Br. The molecule has 1 rings (SSSR count). The summed E-state index contributed by atoms with van der Waals surface area (Å²) in [5.74, 6) is 0.00475. The first-order valence-electron chi connectivity index (χ1n) is 5.80. The fourth-order valence-corrected chi connectivity index (χ4v) is 2.15. The lowest BCUT2D eigenvalue weighted by molar-refractivity contribution is 0.0736. The van der Waals surface area contributed by atoms with E-state index in [-0.39, 0.29) is 11.9 Å². The van der Waals surface area contributed by atoms with Crippen LogP contribution in [0.1, 0.15) is 37.0 Å². The molecule has 17 heavy (non-hydrogen) atoms. The number of carbonyl (C=O) groups excluding carboxylic acids is 1. The molecule has 1 aromatic rings. The highest BCUT2D eigenvalue weighted by Gasteiger charge is 2.19. The molecule has 0 spiro atoms. The molecule has 1 amide bonds. The quantitative estimate of drug-likeness (QED) is 0.867. The maximum Gasteiger partial charge on any atom is 0.255 e. The predicted octanol–water partition coefficient (Wildman–Crippen LogP) is 3.29. The minimum Gasteiger partial charge on any atom is -0.398 e. The molecule has 0 saturated heterocycles. The number of nitrogens with two attached hydrogens (primary N) is 1. The van der Waals surface area contributed by atoms with E-state index in [1.54, 1.807) is 23.1 Å². The molecule has 0 aliphatic rings. The van der Waals surface area contributed by atoms with Crippen LogP contribution in [-0.4, -0.2) is 23.9 Å². The number of halogens is 1. The largest absolute Gasteiger partial charge is 0.398 e. The summed E-state index contributed by atoms with van der Waals surface area (Å²) in [4.78, 5) is 14.0. The van der Waals surface area contributed by atoms with Gasteiger partial charge in [0.15, 0.2) is 0 Å². The number of benzene rings is 1. The molecule has 0 bridgehead atoms. The van der Waals surface area contributed by atoms with Gasteiger partial charge in [-0.1, -0.05) is 19.4 Å². The summed E-state index contributed by atoms with van der Waals surface area (Å²) < 4.78 is 0.681. The normalized spacial score (nSPS) is 12.2. The summed E-state index contributed by atoms with van der Waals surface area (Å²) in [6.45, 7) is 4.17. The van der Waals surface area contributed by atoms with Gasteiger partial charge in [0.1, 0.15) is 0 Å². The van der Waals surface area contributed by atoms with Crippen molar-refractivity contribution in [2.75, 3.05) is 12.8 Å². The Bertz CT molecular complexity index is 406. The van der Waals surface area contributed by atoms with E-state index in [4.69, 9.17) is 5.73 Å². The van der Waals surface area contributed by atoms with Gasteiger partial charge in [0, 0.05) is 18.8 Å². The number of nitrogens with zero attached hydrogens (tertiary/aromatic N) is 1. The van der Waals surface area contributed by atoms with E-state index in [0.717, 1.165) is 12.8 Å². The molecule has 0 aromatic heterocycles. The van der Waals surface area contributed by atoms with Gasteiger partial charge >= 0.3 is 0 Å². The highest BCUT2D eigenvalue weighted by Crippen LogP contribution is 2.25. The molecule has 3 nitrogen and oxygen atoms in total. The van der Waals surface area contributed by atoms with E-state index in [0.29, 0.717) is 15.7 Å². The molecule has 0 aliphatic carbocycles. The van der Waals surface area contributed by atoms with Crippen molar-refractivity contribution >= 4 is 27.5 Å². The fraction of sp³-hybridized carbons (Fsp3) is 0.462. The van der Waals surface area contributed by atoms with Crippen molar-refractivity contribution in [3.63, 3.8) is 0 Å². The van der Waals surface area contributed by atoms with Crippen LogP contribution in [0.2, 0.25) is 0 Å². The standard InChI is InChI=1S/C13H19BrN2O/c1-4-6-9(2)16(3)13(17)10-7-5-8-11(15)12(10)14/h5,7-9H,4,6,15H2,1-3H3. The Hall–Kier alpha value is -1.03. The van der Waals surface area contributed by atoms with Gasteiger partial charge in [-0.15, -0.1) is 0 Å². The van der Waals surface area contributed by atoms with Crippen LogP contribution < -0.4 is 5.73 Å². The van der Waals surface area contributed by atoms with Crippen molar-refractivity contribution in [1.82, 2.24) is 4.90 Å². The van der Waals surface area contributed by atoms with Crippen LogP contribution in [-0.2, 0) is 0 Å². The Balaban J connectivity index is 2.93. The molecular weight excluding hydrogens is 280 g/mol. The molecule has 0 saturated carbocycles. The third-order valence-electron chi connectivity index (χ3n) is 2.95. The second-order valence-electron chi connectivity index (χ2n) is 4.26. The molecule has 0 fully saturated rings. The molecule has 0 heterocycles. The lowest BCUT2D eigenvalue weighted by Crippen LogP contribution is -2.35.